The van der Waals surface area contributed by atoms with Crippen LogP contribution in [0.15, 0.2) is 35.6 Å². The molecule has 1 aromatic rings. The smallest absolute Gasteiger partial charge is 0.228 e. The Kier molecular flexibility index (Phi) is 2.35. The lowest BCUT2D eigenvalue weighted by molar-refractivity contribution is 0.0710. The highest BCUT2D eigenvalue weighted by Crippen LogP contribution is 2.32. The number of epoxide rings is 1. The Morgan fingerprint density at radius 2 is 1.67 bits per heavy atom. The van der Waals surface area contributed by atoms with Gasteiger partial charge in [0.15, 0.2) is 11.5 Å². The molecule has 1 aliphatic heterocycles. The standard InChI is InChI=1S/C14H12O4/c1-7-11(15)9-5-3-4-6-10(9)12(16)13(7)18-14-8(2)17-14/h3-6,8,14H,1-2H3. The van der Waals surface area contributed by atoms with Crippen LogP contribution in [0.5, 0.6) is 0 Å². The molecule has 2 unspecified atom stereocenters. The first-order valence-electron chi connectivity index (χ1n) is 5.81. The summed E-state index contributed by atoms with van der Waals surface area (Å²) in [7, 11) is 0. The van der Waals surface area contributed by atoms with Gasteiger partial charge in [-0.3, -0.25) is 9.59 Å². The normalized spacial score (nSPS) is 26.1. The van der Waals surface area contributed by atoms with Crippen LogP contribution in [0.2, 0.25) is 0 Å². The SMILES string of the molecule is CC1=C(OC2OC2C)C(=O)c2ccccc2C1=O. The van der Waals surface area contributed by atoms with Crippen molar-refractivity contribution in [3.8, 4) is 0 Å². The number of fused-ring (bicyclic) bond motifs is 1. The van der Waals surface area contributed by atoms with Gasteiger partial charge < -0.3 is 9.47 Å². The van der Waals surface area contributed by atoms with E-state index in [4.69, 9.17) is 9.47 Å². The fourth-order valence-corrected chi connectivity index (χ4v) is 2.02. The van der Waals surface area contributed by atoms with E-state index >= 15 is 0 Å². The molecule has 1 aromatic carbocycles. The molecular weight excluding hydrogens is 232 g/mol. The fraction of sp³-hybridized carbons (Fsp3) is 0.286. The average Bonchev–Trinajstić information content (AvgIpc) is 3.08. The average molecular weight is 244 g/mol. The Morgan fingerprint density at radius 3 is 2.22 bits per heavy atom. The summed E-state index contributed by atoms with van der Waals surface area (Å²) in [5.41, 5.74) is 1.19. The van der Waals surface area contributed by atoms with Gasteiger partial charge in [-0.2, -0.15) is 0 Å². The molecule has 0 bridgehead atoms. The van der Waals surface area contributed by atoms with Crippen molar-refractivity contribution in [1.29, 1.82) is 0 Å². The molecule has 4 heteroatoms. The minimum absolute atomic E-state index is 0.0228. The molecule has 1 saturated heterocycles. The Hall–Kier alpha value is -1.94. The number of allylic oxidation sites excluding steroid dienone is 2. The summed E-state index contributed by atoms with van der Waals surface area (Å²) in [5.74, 6) is -0.285. The van der Waals surface area contributed by atoms with Gasteiger partial charge in [-0.1, -0.05) is 24.3 Å². The predicted molar refractivity (Wildman–Crippen MR) is 63.2 cm³/mol. The summed E-state index contributed by atoms with van der Waals surface area (Å²) in [5, 5.41) is 0. The highest BCUT2D eigenvalue weighted by Gasteiger charge is 2.41. The Labute approximate surface area is 104 Å². The molecule has 0 N–H and O–H groups in total. The largest absolute Gasteiger partial charge is 0.458 e. The first kappa shape index (κ1) is 11.2. The van der Waals surface area contributed by atoms with E-state index in [0.29, 0.717) is 16.7 Å². The number of rotatable bonds is 2. The summed E-state index contributed by atoms with van der Waals surface area (Å²) in [6.45, 7) is 3.46. The van der Waals surface area contributed by atoms with Crippen LogP contribution in [0.3, 0.4) is 0 Å². The molecule has 0 radical (unpaired) electrons. The quantitative estimate of drug-likeness (QED) is 0.747. The van der Waals surface area contributed by atoms with Crippen molar-refractivity contribution >= 4 is 11.6 Å². The van der Waals surface area contributed by atoms with Crippen LogP contribution in [-0.2, 0) is 9.47 Å². The lowest BCUT2D eigenvalue weighted by Gasteiger charge is -2.18. The maximum absolute atomic E-state index is 12.3. The molecule has 18 heavy (non-hydrogen) atoms. The molecule has 92 valence electrons. The topological polar surface area (TPSA) is 55.9 Å². The Morgan fingerprint density at radius 1 is 1.11 bits per heavy atom. The summed E-state index contributed by atoms with van der Waals surface area (Å²) < 4.78 is 10.6. The third-order valence-electron chi connectivity index (χ3n) is 3.19. The molecule has 2 aliphatic rings. The van der Waals surface area contributed by atoms with Gasteiger partial charge in [0.2, 0.25) is 12.1 Å². The van der Waals surface area contributed by atoms with Crippen LogP contribution in [0.25, 0.3) is 0 Å². The zero-order valence-corrected chi connectivity index (χ0v) is 10.1. The number of carbonyl (C=O) groups is 2. The summed E-state index contributed by atoms with van der Waals surface area (Å²) in [6.07, 6.45) is -0.428. The number of benzene rings is 1. The second kappa shape index (κ2) is 3.78. The van der Waals surface area contributed by atoms with E-state index in [0.717, 1.165) is 0 Å². The van der Waals surface area contributed by atoms with Crippen LogP contribution >= 0.6 is 0 Å². The number of hydrogen-bond acceptors (Lipinski definition) is 4. The van der Waals surface area contributed by atoms with E-state index in [2.05, 4.69) is 0 Å². The van der Waals surface area contributed by atoms with Gasteiger partial charge in [0.1, 0.15) is 6.10 Å². The van der Waals surface area contributed by atoms with Gasteiger partial charge in [-0.05, 0) is 13.8 Å². The number of carbonyl (C=O) groups excluding carboxylic acids is 2. The highest BCUT2D eigenvalue weighted by atomic mass is 16.8. The highest BCUT2D eigenvalue weighted by molar-refractivity contribution is 6.25. The number of ketones is 2. The molecule has 0 amide bonds. The first-order chi connectivity index (χ1) is 8.59. The van der Waals surface area contributed by atoms with Crippen molar-refractivity contribution in [1.82, 2.24) is 0 Å². The minimum Gasteiger partial charge on any atom is -0.458 e. The Bertz CT molecular complexity index is 585. The van der Waals surface area contributed by atoms with E-state index in [-0.39, 0.29) is 23.4 Å². The van der Waals surface area contributed by atoms with Crippen LogP contribution in [0.4, 0.5) is 0 Å². The van der Waals surface area contributed by atoms with Crippen molar-refractivity contribution in [3.63, 3.8) is 0 Å². The number of ether oxygens (including phenoxy) is 2. The summed E-state index contributed by atoms with van der Waals surface area (Å²) in [6, 6.07) is 6.78. The maximum atomic E-state index is 12.3. The van der Waals surface area contributed by atoms with Gasteiger partial charge in [-0.15, -0.1) is 0 Å². The number of Topliss-reactive ketones (excluding diaryl/α,β-unsaturated/α-hetero) is 2. The molecule has 0 spiro atoms. The van der Waals surface area contributed by atoms with Crippen LogP contribution in [-0.4, -0.2) is 24.0 Å². The van der Waals surface area contributed by atoms with Gasteiger partial charge in [0, 0.05) is 16.7 Å². The van der Waals surface area contributed by atoms with Crippen LogP contribution in [0, 0.1) is 0 Å². The monoisotopic (exact) mass is 244 g/mol. The zero-order chi connectivity index (χ0) is 12.9. The minimum atomic E-state index is -0.406. The molecule has 2 atom stereocenters. The van der Waals surface area contributed by atoms with Gasteiger partial charge in [-0.25, -0.2) is 0 Å². The Balaban J connectivity index is 2.02. The van der Waals surface area contributed by atoms with Crippen molar-refractivity contribution in [2.45, 2.75) is 26.2 Å². The number of hydrogen-bond donors (Lipinski definition) is 0. The summed E-state index contributed by atoms with van der Waals surface area (Å²) >= 11 is 0. The summed E-state index contributed by atoms with van der Waals surface area (Å²) in [4.78, 5) is 24.4. The van der Waals surface area contributed by atoms with Gasteiger partial charge in [0.05, 0.1) is 0 Å². The fourth-order valence-electron chi connectivity index (χ4n) is 2.02. The lowest BCUT2D eigenvalue weighted by Crippen LogP contribution is -2.23. The van der Waals surface area contributed by atoms with E-state index < -0.39 is 6.29 Å². The van der Waals surface area contributed by atoms with Crippen molar-refractivity contribution in [2.24, 2.45) is 0 Å². The third-order valence-corrected chi connectivity index (χ3v) is 3.19. The van der Waals surface area contributed by atoms with Crippen LogP contribution in [0.1, 0.15) is 34.6 Å². The third kappa shape index (κ3) is 1.57. The van der Waals surface area contributed by atoms with Crippen molar-refractivity contribution in [3.05, 3.63) is 46.7 Å². The molecule has 1 heterocycles. The second-order valence-corrected chi connectivity index (χ2v) is 4.49. The van der Waals surface area contributed by atoms with E-state index in [9.17, 15) is 9.59 Å². The van der Waals surface area contributed by atoms with Gasteiger partial charge >= 0.3 is 0 Å². The van der Waals surface area contributed by atoms with E-state index in [1.54, 1.807) is 31.2 Å². The first-order valence-corrected chi connectivity index (χ1v) is 5.81. The zero-order valence-electron chi connectivity index (χ0n) is 10.1. The van der Waals surface area contributed by atoms with E-state index in [1.165, 1.54) is 0 Å². The molecule has 4 nitrogen and oxygen atoms in total. The second-order valence-electron chi connectivity index (χ2n) is 4.49. The van der Waals surface area contributed by atoms with Crippen molar-refractivity contribution < 1.29 is 19.1 Å². The van der Waals surface area contributed by atoms with Gasteiger partial charge in [0.25, 0.3) is 0 Å². The maximum Gasteiger partial charge on any atom is 0.228 e. The molecule has 3 rings (SSSR count). The lowest BCUT2D eigenvalue weighted by atomic mass is 9.89. The van der Waals surface area contributed by atoms with Crippen LogP contribution < -0.4 is 0 Å². The molecule has 1 fully saturated rings. The molecule has 0 aromatic heterocycles. The molecule has 1 aliphatic carbocycles. The van der Waals surface area contributed by atoms with Crippen molar-refractivity contribution in [2.75, 3.05) is 0 Å². The van der Waals surface area contributed by atoms with E-state index in [1.807, 2.05) is 6.92 Å². The molecule has 0 saturated carbocycles. The predicted octanol–water partition coefficient (Wildman–Crippen LogP) is 2.10. The molecular formula is C14H12O4.